The summed E-state index contributed by atoms with van der Waals surface area (Å²) in [5.41, 5.74) is 0.848. The number of benzene rings is 2. The maximum atomic E-state index is 12.4. The fraction of sp³-hybridized carbons (Fsp3) is 0.133. The average molecular weight is 399 g/mol. The Morgan fingerprint density at radius 2 is 1.78 bits per heavy atom. The Hall–Kier alpha value is -2.06. The molecule has 6 nitrogen and oxygen atoms in total. The van der Waals surface area contributed by atoms with Crippen LogP contribution >= 0.6 is 15.9 Å². The van der Waals surface area contributed by atoms with Crippen LogP contribution in [0.1, 0.15) is 6.92 Å². The lowest BCUT2D eigenvalue weighted by Crippen LogP contribution is -2.14. The number of carbonyl (C=O) groups is 1. The van der Waals surface area contributed by atoms with Crippen LogP contribution in [-0.2, 0) is 14.8 Å². The maximum Gasteiger partial charge on any atom is 0.262 e. The standard InChI is InChI=1S/C15H15BrN2O4S/c1-10(19)17-14-8-7-13(9-15(14)22-2)23(20,21)18-12-5-3-11(16)4-6-12/h3-9,18H,1-2H3,(H,17,19). The third-order valence-electron chi connectivity index (χ3n) is 2.89. The molecule has 0 aromatic heterocycles. The summed E-state index contributed by atoms with van der Waals surface area (Å²) in [5, 5.41) is 2.57. The molecule has 122 valence electrons. The van der Waals surface area contributed by atoms with Crippen molar-refractivity contribution in [2.45, 2.75) is 11.8 Å². The number of anilines is 2. The fourth-order valence-corrected chi connectivity index (χ4v) is 3.20. The van der Waals surface area contributed by atoms with Gasteiger partial charge in [0.15, 0.2) is 0 Å². The van der Waals surface area contributed by atoms with Gasteiger partial charge in [-0.15, -0.1) is 0 Å². The predicted molar refractivity (Wildman–Crippen MR) is 92.2 cm³/mol. The van der Waals surface area contributed by atoms with Crippen molar-refractivity contribution in [3.05, 3.63) is 46.9 Å². The zero-order chi connectivity index (χ0) is 17.0. The molecule has 8 heteroatoms. The molecule has 1 amide bonds. The number of ether oxygens (including phenoxy) is 1. The Kier molecular flexibility index (Phi) is 5.27. The molecule has 0 aliphatic rings. The van der Waals surface area contributed by atoms with Gasteiger partial charge in [-0.25, -0.2) is 8.42 Å². The highest BCUT2D eigenvalue weighted by molar-refractivity contribution is 9.10. The van der Waals surface area contributed by atoms with Gasteiger partial charge in [0, 0.05) is 23.2 Å². The number of methoxy groups -OCH3 is 1. The molecule has 2 aromatic carbocycles. The average Bonchev–Trinajstić information content (AvgIpc) is 2.49. The normalized spacial score (nSPS) is 10.9. The largest absolute Gasteiger partial charge is 0.495 e. The van der Waals surface area contributed by atoms with Crippen molar-refractivity contribution >= 4 is 43.2 Å². The highest BCUT2D eigenvalue weighted by Crippen LogP contribution is 2.28. The Balaban J connectivity index is 2.32. The molecule has 0 unspecified atom stereocenters. The Bertz CT molecular complexity index is 820. The first-order chi connectivity index (χ1) is 10.8. The minimum atomic E-state index is -3.76. The van der Waals surface area contributed by atoms with Crippen LogP contribution in [0.5, 0.6) is 5.75 Å². The second-order valence-corrected chi connectivity index (χ2v) is 7.25. The second-order valence-electron chi connectivity index (χ2n) is 4.66. The van der Waals surface area contributed by atoms with E-state index in [1.165, 1.54) is 32.2 Å². The van der Waals surface area contributed by atoms with Crippen molar-refractivity contribution in [2.24, 2.45) is 0 Å². The molecule has 0 fully saturated rings. The van der Waals surface area contributed by atoms with Crippen molar-refractivity contribution in [2.75, 3.05) is 17.1 Å². The minimum Gasteiger partial charge on any atom is -0.495 e. The van der Waals surface area contributed by atoms with E-state index in [1.807, 2.05) is 0 Å². The number of sulfonamides is 1. The SMILES string of the molecule is COc1cc(S(=O)(=O)Nc2ccc(Br)cc2)ccc1NC(C)=O. The summed E-state index contributed by atoms with van der Waals surface area (Å²) in [6.45, 7) is 1.36. The highest BCUT2D eigenvalue weighted by Gasteiger charge is 2.17. The van der Waals surface area contributed by atoms with Gasteiger partial charge in [0.25, 0.3) is 10.0 Å². The number of nitrogens with one attached hydrogen (secondary N) is 2. The third-order valence-corrected chi connectivity index (χ3v) is 4.80. The Labute approximate surface area is 143 Å². The summed E-state index contributed by atoms with van der Waals surface area (Å²) in [7, 11) is -2.36. The molecule has 0 heterocycles. The molecular formula is C15H15BrN2O4S. The number of halogens is 1. The first-order valence-electron chi connectivity index (χ1n) is 6.56. The second kappa shape index (κ2) is 7.01. The lowest BCUT2D eigenvalue weighted by Gasteiger charge is -2.12. The van der Waals surface area contributed by atoms with E-state index in [4.69, 9.17) is 4.74 Å². The minimum absolute atomic E-state index is 0.0337. The molecule has 2 N–H and O–H groups in total. The van der Waals surface area contributed by atoms with Crippen molar-refractivity contribution in [3.8, 4) is 5.75 Å². The quantitative estimate of drug-likeness (QED) is 0.809. The topological polar surface area (TPSA) is 84.5 Å². The molecule has 23 heavy (non-hydrogen) atoms. The van der Waals surface area contributed by atoms with E-state index < -0.39 is 10.0 Å². The van der Waals surface area contributed by atoms with E-state index in [-0.39, 0.29) is 16.6 Å². The zero-order valence-corrected chi connectivity index (χ0v) is 14.9. The van der Waals surface area contributed by atoms with Gasteiger partial charge >= 0.3 is 0 Å². The van der Waals surface area contributed by atoms with Crippen molar-refractivity contribution in [1.29, 1.82) is 0 Å². The summed E-state index contributed by atoms with van der Waals surface area (Å²) < 4.78 is 33.3. The summed E-state index contributed by atoms with van der Waals surface area (Å²) in [6, 6.07) is 11.0. The molecule has 2 rings (SSSR count). The first kappa shape index (κ1) is 17.3. The van der Waals surface area contributed by atoms with Crippen LogP contribution in [0.4, 0.5) is 11.4 Å². The number of carbonyl (C=O) groups excluding carboxylic acids is 1. The molecule has 0 atom stereocenters. The highest BCUT2D eigenvalue weighted by atomic mass is 79.9. The molecule has 0 aliphatic heterocycles. The van der Waals surface area contributed by atoms with Crippen LogP contribution in [0.15, 0.2) is 51.8 Å². The van der Waals surface area contributed by atoms with Crippen LogP contribution in [0, 0.1) is 0 Å². The molecule has 0 bridgehead atoms. The summed E-state index contributed by atoms with van der Waals surface area (Å²) in [4.78, 5) is 11.2. The molecule has 0 radical (unpaired) electrons. The Morgan fingerprint density at radius 1 is 1.13 bits per heavy atom. The molecule has 0 spiro atoms. The van der Waals surface area contributed by atoms with E-state index in [9.17, 15) is 13.2 Å². The summed E-state index contributed by atoms with van der Waals surface area (Å²) in [5.74, 6) is -0.00854. The van der Waals surface area contributed by atoms with E-state index in [0.29, 0.717) is 11.4 Å². The number of rotatable bonds is 5. The van der Waals surface area contributed by atoms with Gasteiger partial charge in [0.05, 0.1) is 17.7 Å². The van der Waals surface area contributed by atoms with Crippen molar-refractivity contribution < 1.29 is 17.9 Å². The van der Waals surface area contributed by atoms with Gasteiger partial charge in [0.1, 0.15) is 5.75 Å². The van der Waals surface area contributed by atoms with Gasteiger partial charge in [-0.3, -0.25) is 9.52 Å². The smallest absolute Gasteiger partial charge is 0.262 e. The number of hydrogen-bond acceptors (Lipinski definition) is 4. The van der Waals surface area contributed by atoms with Gasteiger partial charge < -0.3 is 10.1 Å². The van der Waals surface area contributed by atoms with Crippen LogP contribution in [-0.4, -0.2) is 21.4 Å². The summed E-state index contributed by atoms with van der Waals surface area (Å²) in [6.07, 6.45) is 0. The van der Waals surface area contributed by atoms with Gasteiger partial charge in [0.2, 0.25) is 5.91 Å². The zero-order valence-electron chi connectivity index (χ0n) is 12.5. The maximum absolute atomic E-state index is 12.4. The van der Waals surface area contributed by atoms with Crippen LogP contribution < -0.4 is 14.8 Å². The Morgan fingerprint density at radius 3 is 2.35 bits per heavy atom. The van der Waals surface area contributed by atoms with E-state index in [2.05, 4.69) is 26.0 Å². The predicted octanol–water partition coefficient (Wildman–Crippen LogP) is 3.22. The summed E-state index contributed by atoms with van der Waals surface area (Å²) >= 11 is 3.29. The fourth-order valence-electron chi connectivity index (χ4n) is 1.86. The van der Waals surface area contributed by atoms with Crippen molar-refractivity contribution in [3.63, 3.8) is 0 Å². The van der Waals surface area contributed by atoms with E-state index in [0.717, 1.165) is 4.47 Å². The monoisotopic (exact) mass is 398 g/mol. The van der Waals surface area contributed by atoms with E-state index >= 15 is 0 Å². The third kappa shape index (κ3) is 4.46. The van der Waals surface area contributed by atoms with Crippen LogP contribution in [0.3, 0.4) is 0 Å². The van der Waals surface area contributed by atoms with Crippen molar-refractivity contribution in [1.82, 2.24) is 0 Å². The van der Waals surface area contributed by atoms with Crippen LogP contribution in [0.2, 0.25) is 0 Å². The lowest BCUT2D eigenvalue weighted by atomic mass is 10.3. The molecule has 0 saturated carbocycles. The molecular weight excluding hydrogens is 384 g/mol. The van der Waals surface area contributed by atoms with Gasteiger partial charge in [-0.1, -0.05) is 15.9 Å². The van der Waals surface area contributed by atoms with E-state index in [1.54, 1.807) is 24.3 Å². The molecule has 2 aromatic rings. The van der Waals surface area contributed by atoms with Gasteiger partial charge in [-0.05, 0) is 36.4 Å². The van der Waals surface area contributed by atoms with Crippen LogP contribution in [0.25, 0.3) is 0 Å². The first-order valence-corrected chi connectivity index (χ1v) is 8.83. The molecule has 0 saturated heterocycles. The number of hydrogen-bond donors (Lipinski definition) is 2. The lowest BCUT2D eigenvalue weighted by molar-refractivity contribution is -0.114. The number of amides is 1. The molecule has 0 aliphatic carbocycles. The van der Waals surface area contributed by atoms with Gasteiger partial charge in [-0.2, -0.15) is 0 Å².